The summed E-state index contributed by atoms with van der Waals surface area (Å²) in [6.45, 7) is 0. The van der Waals surface area contributed by atoms with Crippen LogP contribution in [0.25, 0.3) is 0 Å². The largest absolute Gasteiger partial charge is 0.145 e. The van der Waals surface area contributed by atoms with Crippen LogP contribution in [-0.2, 0) is 5.33 Å². The Balaban J connectivity index is 3.04. The smallest absolute Gasteiger partial charge is 0.0695 e. The lowest BCUT2D eigenvalue weighted by molar-refractivity contribution is 1.57. The topological polar surface area (TPSA) is 0 Å². The molecule has 1 aromatic heterocycles. The fourth-order valence-electron chi connectivity index (χ4n) is 0.450. The minimum absolute atomic E-state index is 0.830. The van der Waals surface area contributed by atoms with Gasteiger partial charge in [-0.2, -0.15) is 0 Å². The zero-order valence-electron chi connectivity index (χ0n) is 4.33. The van der Waals surface area contributed by atoms with Gasteiger partial charge in [0.15, 0.2) is 0 Å². The SMILES string of the molecule is Clc1c(Br)csc1CBr. The number of rotatable bonds is 1. The van der Waals surface area contributed by atoms with Gasteiger partial charge in [0, 0.05) is 20.1 Å². The second-order valence-electron chi connectivity index (χ2n) is 1.45. The molecule has 1 heterocycles. The van der Waals surface area contributed by atoms with Gasteiger partial charge in [0.1, 0.15) is 0 Å². The van der Waals surface area contributed by atoms with E-state index in [4.69, 9.17) is 11.6 Å². The molecule has 0 radical (unpaired) electrons. The molecule has 1 rings (SSSR count). The summed E-state index contributed by atoms with van der Waals surface area (Å²) in [5.41, 5.74) is 0. The van der Waals surface area contributed by atoms with Gasteiger partial charge in [0.2, 0.25) is 0 Å². The lowest BCUT2D eigenvalue weighted by Crippen LogP contribution is -1.65. The number of thiophene rings is 1. The standard InChI is InChI=1S/C5H3Br2ClS/c6-1-4-5(8)3(7)2-9-4/h2H,1H2. The van der Waals surface area contributed by atoms with E-state index in [2.05, 4.69) is 31.9 Å². The normalized spacial score (nSPS) is 10.1. The number of hydrogen-bond donors (Lipinski definition) is 0. The summed E-state index contributed by atoms with van der Waals surface area (Å²) in [4.78, 5) is 1.17. The Morgan fingerprint density at radius 3 is 2.56 bits per heavy atom. The van der Waals surface area contributed by atoms with Gasteiger partial charge in [0.25, 0.3) is 0 Å². The maximum atomic E-state index is 5.84. The van der Waals surface area contributed by atoms with Crippen molar-refractivity contribution < 1.29 is 0 Å². The van der Waals surface area contributed by atoms with Gasteiger partial charge in [-0.25, -0.2) is 0 Å². The molecule has 0 atom stereocenters. The third-order valence-corrected chi connectivity index (χ3v) is 4.50. The van der Waals surface area contributed by atoms with Gasteiger partial charge in [0.05, 0.1) is 5.02 Å². The van der Waals surface area contributed by atoms with Crippen molar-refractivity contribution in [3.05, 3.63) is 19.8 Å². The first kappa shape index (κ1) is 8.05. The third kappa shape index (κ3) is 1.70. The molecular weight excluding hydrogens is 287 g/mol. The van der Waals surface area contributed by atoms with E-state index in [1.165, 1.54) is 4.88 Å². The molecule has 0 aliphatic heterocycles. The van der Waals surface area contributed by atoms with Gasteiger partial charge < -0.3 is 0 Å². The Bertz CT molecular complexity index is 209. The van der Waals surface area contributed by atoms with E-state index in [1.807, 2.05) is 5.38 Å². The van der Waals surface area contributed by atoms with Crippen molar-refractivity contribution in [1.29, 1.82) is 0 Å². The highest BCUT2D eigenvalue weighted by Gasteiger charge is 2.04. The van der Waals surface area contributed by atoms with Crippen LogP contribution in [0, 0.1) is 0 Å². The summed E-state index contributed by atoms with van der Waals surface area (Å²) in [6.07, 6.45) is 0. The number of hydrogen-bond acceptors (Lipinski definition) is 1. The molecule has 9 heavy (non-hydrogen) atoms. The number of alkyl halides is 1. The van der Waals surface area contributed by atoms with Crippen LogP contribution in [0.5, 0.6) is 0 Å². The molecule has 0 aliphatic carbocycles. The summed E-state index contributed by atoms with van der Waals surface area (Å²) < 4.78 is 0.989. The van der Waals surface area contributed by atoms with Gasteiger partial charge >= 0.3 is 0 Å². The van der Waals surface area contributed by atoms with Crippen LogP contribution in [0.4, 0.5) is 0 Å². The van der Waals surface area contributed by atoms with Crippen LogP contribution in [-0.4, -0.2) is 0 Å². The highest BCUT2D eigenvalue weighted by atomic mass is 79.9. The summed E-state index contributed by atoms with van der Waals surface area (Å²) in [5.74, 6) is 0. The molecule has 0 amide bonds. The second-order valence-corrected chi connectivity index (χ2v) is 4.21. The van der Waals surface area contributed by atoms with Crippen LogP contribution < -0.4 is 0 Å². The predicted molar refractivity (Wildman–Crippen MR) is 49.7 cm³/mol. The Labute approximate surface area is 79.5 Å². The van der Waals surface area contributed by atoms with Crippen molar-refractivity contribution in [3.63, 3.8) is 0 Å². The van der Waals surface area contributed by atoms with Crippen molar-refractivity contribution in [2.45, 2.75) is 5.33 Å². The average molecular weight is 290 g/mol. The van der Waals surface area contributed by atoms with E-state index in [1.54, 1.807) is 11.3 Å². The van der Waals surface area contributed by atoms with Crippen LogP contribution in [0.2, 0.25) is 5.02 Å². The van der Waals surface area contributed by atoms with E-state index >= 15 is 0 Å². The first-order valence-corrected chi connectivity index (χ1v) is 5.40. The molecule has 0 aromatic carbocycles. The highest BCUT2D eigenvalue weighted by Crippen LogP contribution is 2.33. The highest BCUT2D eigenvalue weighted by molar-refractivity contribution is 9.10. The van der Waals surface area contributed by atoms with Crippen molar-refractivity contribution in [3.8, 4) is 0 Å². The van der Waals surface area contributed by atoms with E-state index in [9.17, 15) is 0 Å². The number of halogens is 3. The second kappa shape index (κ2) is 3.37. The van der Waals surface area contributed by atoms with E-state index in [0.717, 1.165) is 14.8 Å². The molecule has 0 bridgehead atoms. The summed E-state index contributed by atoms with van der Waals surface area (Å²) in [6, 6.07) is 0. The minimum atomic E-state index is 0.830. The molecule has 0 N–H and O–H groups in total. The van der Waals surface area contributed by atoms with Gasteiger partial charge in [-0.3, -0.25) is 0 Å². The quantitative estimate of drug-likeness (QED) is 0.684. The van der Waals surface area contributed by atoms with Crippen molar-refractivity contribution in [1.82, 2.24) is 0 Å². The predicted octanol–water partition coefficient (Wildman–Crippen LogP) is 4.06. The molecule has 0 aliphatic rings. The van der Waals surface area contributed by atoms with E-state index < -0.39 is 0 Å². The first-order chi connectivity index (χ1) is 4.25. The lowest BCUT2D eigenvalue weighted by atomic mass is 10.5. The molecule has 0 saturated heterocycles. The Hall–Kier alpha value is 0.950. The molecule has 4 heteroatoms. The van der Waals surface area contributed by atoms with Gasteiger partial charge in [-0.15, -0.1) is 11.3 Å². The average Bonchev–Trinajstić information content (AvgIpc) is 2.15. The molecule has 0 spiro atoms. The summed E-state index contributed by atoms with van der Waals surface area (Å²) in [7, 11) is 0. The van der Waals surface area contributed by atoms with Crippen LogP contribution >= 0.6 is 54.8 Å². The maximum absolute atomic E-state index is 5.84. The zero-order valence-corrected chi connectivity index (χ0v) is 9.07. The summed E-state index contributed by atoms with van der Waals surface area (Å²) >= 11 is 14.1. The van der Waals surface area contributed by atoms with Crippen molar-refractivity contribution >= 4 is 54.8 Å². The molecule has 0 nitrogen and oxygen atoms in total. The first-order valence-electron chi connectivity index (χ1n) is 2.23. The van der Waals surface area contributed by atoms with Crippen LogP contribution in [0.1, 0.15) is 4.88 Å². The molecule has 50 valence electrons. The zero-order chi connectivity index (χ0) is 6.85. The molecule has 1 aromatic rings. The molecule has 0 saturated carbocycles. The summed E-state index contributed by atoms with van der Waals surface area (Å²) in [5, 5.41) is 3.65. The molecule has 0 fully saturated rings. The molecular formula is C5H3Br2ClS. The van der Waals surface area contributed by atoms with Gasteiger partial charge in [-0.05, 0) is 15.9 Å². The Morgan fingerprint density at radius 2 is 2.33 bits per heavy atom. The maximum Gasteiger partial charge on any atom is 0.0695 e. The van der Waals surface area contributed by atoms with Crippen LogP contribution in [0.3, 0.4) is 0 Å². The van der Waals surface area contributed by atoms with Crippen LogP contribution in [0.15, 0.2) is 9.85 Å². The molecule has 0 unspecified atom stereocenters. The van der Waals surface area contributed by atoms with Gasteiger partial charge in [-0.1, -0.05) is 27.5 Å². The van der Waals surface area contributed by atoms with Crippen molar-refractivity contribution in [2.24, 2.45) is 0 Å². The lowest BCUT2D eigenvalue weighted by Gasteiger charge is -1.86. The van der Waals surface area contributed by atoms with Crippen molar-refractivity contribution in [2.75, 3.05) is 0 Å². The Morgan fingerprint density at radius 1 is 1.67 bits per heavy atom. The fraction of sp³-hybridized carbons (Fsp3) is 0.200. The van der Waals surface area contributed by atoms with E-state index in [0.29, 0.717) is 0 Å². The van der Waals surface area contributed by atoms with E-state index in [-0.39, 0.29) is 0 Å². The monoisotopic (exact) mass is 288 g/mol. The fourth-order valence-corrected chi connectivity index (χ4v) is 2.90. The third-order valence-electron chi connectivity index (χ3n) is 0.881. The Kier molecular flexibility index (Phi) is 3.02. The minimum Gasteiger partial charge on any atom is -0.145 e.